The number of benzene rings is 1. The molecule has 0 saturated heterocycles. The molecule has 0 unspecified atom stereocenters. The third-order valence-corrected chi connectivity index (χ3v) is 3.84. The van der Waals surface area contributed by atoms with Gasteiger partial charge in [0.1, 0.15) is 5.82 Å². The molecule has 4 nitrogen and oxygen atoms in total. The van der Waals surface area contributed by atoms with E-state index in [4.69, 9.17) is 5.73 Å². The molecule has 0 aliphatic carbocycles. The van der Waals surface area contributed by atoms with Crippen LogP contribution in [0.1, 0.15) is 24.6 Å². The van der Waals surface area contributed by atoms with Crippen molar-refractivity contribution in [3.63, 3.8) is 0 Å². The summed E-state index contributed by atoms with van der Waals surface area (Å²) in [7, 11) is 3.99. The molecule has 0 spiro atoms. The first-order valence-corrected chi connectivity index (χ1v) is 7.59. The first kappa shape index (κ1) is 14.9. The van der Waals surface area contributed by atoms with Gasteiger partial charge in [-0.05, 0) is 24.1 Å². The van der Waals surface area contributed by atoms with Gasteiger partial charge in [0.2, 0.25) is 0 Å². The van der Waals surface area contributed by atoms with Crippen molar-refractivity contribution in [2.45, 2.75) is 26.3 Å². The Bertz CT molecular complexity index is 574. The van der Waals surface area contributed by atoms with Crippen LogP contribution in [0.2, 0.25) is 0 Å². The molecule has 2 aromatic rings. The van der Waals surface area contributed by atoms with Crippen molar-refractivity contribution in [1.82, 2.24) is 9.78 Å². The van der Waals surface area contributed by atoms with E-state index in [0.717, 1.165) is 41.1 Å². The zero-order chi connectivity index (χ0) is 14.7. The van der Waals surface area contributed by atoms with E-state index in [1.807, 2.05) is 18.8 Å². The molecule has 0 aliphatic heterocycles. The first-order chi connectivity index (χ1) is 9.52. The molecule has 1 heterocycles. The van der Waals surface area contributed by atoms with Gasteiger partial charge in [-0.15, -0.1) is 0 Å². The number of aromatic nitrogens is 2. The van der Waals surface area contributed by atoms with Gasteiger partial charge in [-0.2, -0.15) is 5.10 Å². The molecule has 1 aromatic heterocycles. The molecule has 0 saturated carbocycles. The second-order valence-corrected chi connectivity index (χ2v) is 5.96. The highest BCUT2D eigenvalue weighted by Crippen LogP contribution is 2.27. The number of aryl methyl sites for hydroxylation is 2. The van der Waals surface area contributed by atoms with E-state index in [-0.39, 0.29) is 0 Å². The summed E-state index contributed by atoms with van der Waals surface area (Å²) in [6.45, 7) is 2.95. The van der Waals surface area contributed by atoms with Crippen molar-refractivity contribution >= 4 is 27.4 Å². The molecule has 2 rings (SSSR count). The highest BCUT2D eigenvalue weighted by Gasteiger charge is 2.16. The Kier molecular flexibility index (Phi) is 4.70. The Hall–Kier alpha value is -1.49. The quantitative estimate of drug-likeness (QED) is 0.910. The molecule has 0 bridgehead atoms. The molecule has 2 N–H and O–H groups in total. The highest BCUT2D eigenvalue weighted by atomic mass is 79.9. The standard InChI is InChI=1S/C15H21BrN4/c1-4-5-13-14(17)15(20(3)18-13)19(2)10-11-6-8-12(16)9-7-11/h6-9H,4-5,10,17H2,1-3H3. The Morgan fingerprint density at radius 3 is 2.55 bits per heavy atom. The third kappa shape index (κ3) is 3.15. The molecule has 0 amide bonds. The van der Waals surface area contributed by atoms with Crippen LogP contribution < -0.4 is 10.6 Å². The van der Waals surface area contributed by atoms with Crippen LogP contribution in [0.5, 0.6) is 0 Å². The van der Waals surface area contributed by atoms with Gasteiger partial charge < -0.3 is 10.6 Å². The summed E-state index contributed by atoms with van der Waals surface area (Å²) >= 11 is 3.45. The predicted molar refractivity (Wildman–Crippen MR) is 87.9 cm³/mol. The molecule has 1 aromatic carbocycles. The fourth-order valence-corrected chi connectivity index (χ4v) is 2.66. The van der Waals surface area contributed by atoms with E-state index in [0.29, 0.717) is 0 Å². The second-order valence-electron chi connectivity index (χ2n) is 5.04. The minimum absolute atomic E-state index is 0.800. The van der Waals surface area contributed by atoms with E-state index >= 15 is 0 Å². The molecule has 0 aliphatic rings. The van der Waals surface area contributed by atoms with Gasteiger partial charge in [-0.25, -0.2) is 0 Å². The Morgan fingerprint density at radius 1 is 1.30 bits per heavy atom. The molecule has 0 fully saturated rings. The van der Waals surface area contributed by atoms with Gasteiger partial charge in [0.15, 0.2) is 0 Å². The maximum Gasteiger partial charge on any atom is 0.150 e. The summed E-state index contributed by atoms with van der Waals surface area (Å²) in [5.74, 6) is 0.983. The molecule has 0 radical (unpaired) electrons. The molecular formula is C15H21BrN4. The highest BCUT2D eigenvalue weighted by molar-refractivity contribution is 9.10. The van der Waals surface area contributed by atoms with E-state index < -0.39 is 0 Å². The van der Waals surface area contributed by atoms with Crippen LogP contribution in [0.25, 0.3) is 0 Å². The monoisotopic (exact) mass is 336 g/mol. The van der Waals surface area contributed by atoms with Gasteiger partial charge in [-0.1, -0.05) is 41.4 Å². The number of nitrogens with zero attached hydrogens (tertiary/aromatic N) is 3. The SMILES string of the molecule is CCCc1nn(C)c(N(C)Cc2ccc(Br)cc2)c1N. The summed E-state index contributed by atoms with van der Waals surface area (Å²) in [6, 6.07) is 8.33. The van der Waals surface area contributed by atoms with Crippen molar-refractivity contribution in [1.29, 1.82) is 0 Å². The van der Waals surface area contributed by atoms with Crippen LogP contribution in [0.4, 0.5) is 11.5 Å². The predicted octanol–water partition coefficient (Wildman–Crippen LogP) is 3.35. The summed E-state index contributed by atoms with van der Waals surface area (Å²) in [6.07, 6.45) is 1.98. The lowest BCUT2D eigenvalue weighted by atomic mass is 10.2. The average molecular weight is 337 g/mol. The minimum atomic E-state index is 0.800. The Labute approximate surface area is 128 Å². The Balaban J connectivity index is 2.20. The van der Waals surface area contributed by atoms with Crippen molar-refractivity contribution in [3.05, 3.63) is 40.0 Å². The number of nitrogens with two attached hydrogens (primary N) is 1. The number of nitrogen functional groups attached to an aromatic ring is 1. The number of hydrogen-bond acceptors (Lipinski definition) is 3. The van der Waals surface area contributed by atoms with Crippen molar-refractivity contribution in [2.24, 2.45) is 7.05 Å². The number of hydrogen-bond donors (Lipinski definition) is 1. The Morgan fingerprint density at radius 2 is 1.95 bits per heavy atom. The fraction of sp³-hybridized carbons (Fsp3) is 0.400. The largest absolute Gasteiger partial charge is 0.394 e. The van der Waals surface area contributed by atoms with Crippen LogP contribution in [0.3, 0.4) is 0 Å². The summed E-state index contributed by atoms with van der Waals surface area (Å²) in [5.41, 5.74) is 9.27. The molecule has 20 heavy (non-hydrogen) atoms. The first-order valence-electron chi connectivity index (χ1n) is 6.79. The van der Waals surface area contributed by atoms with Crippen LogP contribution in [0, 0.1) is 0 Å². The lowest BCUT2D eigenvalue weighted by molar-refractivity contribution is 0.712. The van der Waals surface area contributed by atoms with Crippen molar-refractivity contribution in [2.75, 3.05) is 17.7 Å². The van der Waals surface area contributed by atoms with E-state index in [2.05, 4.69) is 57.1 Å². The summed E-state index contributed by atoms with van der Waals surface area (Å²) in [5, 5.41) is 4.52. The van der Waals surface area contributed by atoms with Gasteiger partial charge >= 0.3 is 0 Å². The lowest BCUT2D eigenvalue weighted by Gasteiger charge is -2.20. The fourth-order valence-electron chi connectivity index (χ4n) is 2.40. The smallest absolute Gasteiger partial charge is 0.150 e. The van der Waals surface area contributed by atoms with E-state index in [1.165, 1.54) is 5.56 Å². The number of rotatable bonds is 5. The zero-order valence-corrected chi connectivity index (χ0v) is 13.8. The molecular weight excluding hydrogens is 316 g/mol. The number of anilines is 2. The maximum absolute atomic E-state index is 6.24. The molecule has 108 valence electrons. The van der Waals surface area contributed by atoms with E-state index in [1.54, 1.807) is 0 Å². The second kappa shape index (κ2) is 6.31. The summed E-state index contributed by atoms with van der Waals surface area (Å²) < 4.78 is 2.97. The average Bonchev–Trinajstić information content (AvgIpc) is 2.68. The van der Waals surface area contributed by atoms with Gasteiger partial charge in [0.25, 0.3) is 0 Å². The van der Waals surface area contributed by atoms with Gasteiger partial charge in [0, 0.05) is 25.1 Å². The van der Waals surface area contributed by atoms with Crippen molar-refractivity contribution in [3.8, 4) is 0 Å². The van der Waals surface area contributed by atoms with Crippen molar-refractivity contribution < 1.29 is 0 Å². The van der Waals surface area contributed by atoms with Crippen LogP contribution in [0.15, 0.2) is 28.7 Å². The lowest BCUT2D eigenvalue weighted by Crippen LogP contribution is -2.20. The third-order valence-electron chi connectivity index (χ3n) is 3.31. The summed E-state index contributed by atoms with van der Waals surface area (Å²) in [4.78, 5) is 2.14. The van der Waals surface area contributed by atoms with Crippen LogP contribution in [-0.4, -0.2) is 16.8 Å². The maximum atomic E-state index is 6.24. The number of halogens is 1. The van der Waals surface area contributed by atoms with Gasteiger partial charge in [-0.3, -0.25) is 4.68 Å². The normalized spacial score (nSPS) is 10.8. The molecule has 0 atom stereocenters. The molecule has 5 heteroatoms. The minimum Gasteiger partial charge on any atom is -0.394 e. The topological polar surface area (TPSA) is 47.1 Å². The zero-order valence-electron chi connectivity index (χ0n) is 12.2. The van der Waals surface area contributed by atoms with Crippen LogP contribution in [-0.2, 0) is 20.0 Å². The van der Waals surface area contributed by atoms with E-state index in [9.17, 15) is 0 Å². The van der Waals surface area contributed by atoms with Crippen LogP contribution >= 0.6 is 15.9 Å². The van der Waals surface area contributed by atoms with Gasteiger partial charge in [0.05, 0.1) is 11.4 Å².